The number of hydrogen-bond donors (Lipinski definition) is 2. The molecule has 0 aliphatic heterocycles. The smallest absolute Gasteiger partial charge is 0.142 e. The molecule has 2 heterocycles. The van der Waals surface area contributed by atoms with Gasteiger partial charge in [-0.25, -0.2) is 9.97 Å². The van der Waals surface area contributed by atoms with Crippen LogP contribution in [-0.4, -0.2) is 22.1 Å². The standard InChI is InChI=1S/C17H17N5O/c1-23-15-5-3-2-4-14(15)22-17-10-16(20-12-21-17)19-11-13-6-8-18-9-7-13/h2-10,12H,11H2,1H3,(H2,19,20,21,22). The summed E-state index contributed by atoms with van der Waals surface area (Å²) in [6.45, 7) is 0.674. The lowest BCUT2D eigenvalue weighted by Gasteiger charge is -2.11. The summed E-state index contributed by atoms with van der Waals surface area (Å²) in [6, 6.07) is 13.5. The van der Waals surface area contributed by atoms with Crippen LogP contribution in [0.4, 0.5) is 17.3 Å². The molecule has 23 heavy (non-hydrogen) atoms. The van der Waals surface area contributed by atoms with Crippen LogP contribution in [-0.2, 0) is 6.54 Å². The molecule has 6 heteroatoms. The van der Waals surface area contributed by atoms with Crippen molar-refractivity contribution >= 4 is 17.3 Å². The van der Waals surface area contributed by atoms with Gasteiger partial charge in [-0.15, -0.1) is 0 Å². The van der Waals surface area contributed by atoms with Crippen molar-refractivity contribution < 1.29 is 4.74 Å². The van der Waals surface area contributed by atoms with Gasteiger partial charge in [0.1, 0.15) is 23.7 Å². The molecule has 0 aliphatic rings. The molecule has 0 aliphatic carbocycles. The van der Waals surface area contributed by atoms with Crippen LogP contribution < -0.4 is 15.4 Å². The number of nitrogens with one attached hydrogen (secondary N) is 2. The minimum atomic E-state index is 0.674. The van der Waals surface area contributed by atoms with Gasteiger partial charge in [0.15, 0.2) is 0 Å². The predicted octanol–water partition coefficient (Wildman–Crippen LogP) is 3.24. The average molecular weight is 307 g/mol. The van der Waals surface area contributed by atoms with E-state index in [0.29, 0.717) is 12.4 Å². The second-order valence-electron chi connectivity index (χ2n) is 4.82. The Labute approximate surface area is 134 Å². The van der Waals surface area contributed by atoms with E-state index in [9.17, 15) is 0 Å². The van der Waals surface area contributed by atoms with Gasteiger partial charge in [0.2, 0.25) is 0 Å². The van der Waals surface area contributed by atoms with Crippen LogP contribution in [0.15, 0.2) is 61.2 Å². The first-order chi connectivity index (χ1) is 11.3. The number of ether oxygens (including phenoxy) is 1. The van der Waals surface area contributed by atoms with Crippen molar-refractivity contribution in [3.8, 4) is 5.75 Å². The van der Waals surface area contributed by atoms with Crippen molar-refractivity contribution in [2.75, 3.05) is 17.7 Å². The molecular formula is C17H17N5O. The summed E-state index contributed by atoms with van der Waals surface area (Å²) in [6.07, 6.45) is 5.06. The first-order valence-electron chi connectivity index (χ1n) is 7.20. The summed E-state index contributed by atoms with van der Waals surface area (Å²) < 4.78 is 5.33. The molecule has 3 rings (SSSR count). The quantitative estimate of drug-likeness (QED) is 0.728. The number of hydrogen-bond acceptors (Lipinski definition) is 6. The van der Waals surface area contributed by atoms with Crippen molar-refractivity contribution in [1.29, 1.82) is 0 Å². The molecule has 0 radical (unpaired) electrons. The third-order valence-electron chi connectivity index (χ3n) is 3.26. The maximum absolute atomic E-state index is 5.33. The minimum absolute atomic E-state index is 0.674. The first kappa shape index (κ1) is 14.8. The summed E-state index contributed by atoms with van der Waals surface area (Å²) >= 11 is 0. The molecule has 6 nitrogen and oxygen atoms in total. The highest BCUT2D eigenvalue weighted by molar-refractivity contribution is 5.65. The lowest BCUT2D eigenvalue weighted by atomic mass is 10.2. The van der Waals surface area contributed by atoms with Crippen LogP contribution in [0, 0.1) is 0 Å². The fourth-order valence-corrected chi connectivity index (χ4v) is 2.10. The third kappa shape index (κ3) is 3.94. The first-order valence-corrected chi connectivity index (χ1v) is 7.20. The lowest BCUT2D eigenvalue weighted by Crippen LogP contribution is -2.03. The van der Waals surface area contributed by atoms with Crippen LogP contribution in [0.3, 0.4) is 0 Å². The molecule has 0 bridgehead atoms. The van der Waals surface area contributed by atoms with Crippen LogP contribution >= 0.6 is 0 Å². The molecule has 0 spiro atoms. The van der Waals surface area contributed by atoms with Gasteiger partial charge >= 0.3 is 0 Å². The van der Waals surface area contributed by atoms with Gasteiger partial charge in [-0.3, -0.25) is 4.98 Å². The Hall–Kier alpha value is -3.15. The summed E-state index contributed by atoms with van der Waals surface area (Å²) in [7, 11) is 1.64. The number of rotatable bonds is 6. The Balaban J connectivity index is 1.70. The fourth-order valence-electron chi connectivity index (χ4n) is 2.10. The minimum Gasteiger partial charge on any atom is -0.495 e. The molecule has 0 atom stereocenters. The number of para-hydroxylation sites is 2. The Kier molecular flexibility index (Phi) is 4.63. The van der Waals surface area contributed by atoms with Gasteiger partial charge < -0.3 is 15.4 Å². The maximum Gasteiger partial charge on any atom is 0.142 e. The van der Waals surface area contributed by atoms with E-state index in [1.165, 1.54) is 6.33 Å². The van der Waals surface area contributed by atoms with E-state index in [0.717, 1.165) is 22.8 Å². The highest BCUT2D eigenvalue weighted by Crippen LogP contribution is 2.26. The fraction of sp³-hybridized carbons (Fsp3) is 0.118. The molecule has 0 saturated heterocycles. The maximum atomic E-state index is 5.33. The highest BCUT2D eigenvalue weighted by atomic mass is 16.5. The predicted molar refractivity (Wildman–Crippen MR) is 89.9 cm³/mol. The molecule has 3 aromatic rings. The van der Waals surface area contributed by atoms with Crippen molar-refractivity contribution in [3.05, 3.63) is 66.7 Å². The Morgan fingerprint density at radius 3 is 2.61 bits per heavy atom. The van der Waals surface area contributed by atoms with Gasteiger partial charge in [-0.2, -0.15) is 0 Å². The number of anilines is 3. The molecule has 0 amide bonds. The van der Waals surface area contributed by atoms with Crippen molar-refractivity contribution in [1.82, 2.24) is 15.0 Å². The molecule has 0 unspecified atom stereocenters. The molecule has 0 fully saturated rings. The summed E-state index contributed by atoms with van der Waals surface area (Å²) in [5.74, 6) is 2.20. The van der Waals surface area contributed by atoms with Crippen molar-refractivity contribution in [2.24, 2.45) is 0 Å². The van der Waals surface area contributed by atoms with Gasteiger partial charge in [0.25, 0.3) is 0 Å². The number of aromatic nitrogens is 3. The van der Waals surface area contributed by atoms with Crippen molar-refractivity contribution in [2.45, 2.75) is 6.54 Å². The van der Waals surface area contributed by atoms with E-state index in [1.54, 1.807) is 19.5 Å². The zero-order valence-electron chi connectivity index (χ0n) is 12.7. The SMILES string of the molecule is COc1ccccc1Nc1cc(NCc2ccncc2)ncn1. The topological polar surface area (TPSA) is 72.0 Å². The molecule has 2 aromatic heterocycles. The second kappa shape index (κ2) is 7.22. The normalized spacial score (nSPS) is 10.1. The summed E-state index contributed by atoms with van der Waals surface area (Å²) in [5.41, 5.74) is 1.99. The van der Waals surface area contributed by atoms with Crippen LogP contribution in [0.2, 0.25) is 0 Å². The highest BCUT2D eigenvalue weighted by Gasteiger charge is 2.04. The van der Waals surface area contributed by atoms with E-state index in [-0.39, 0.29) is 0 Å². The second-order valence-corrected chi connectivity index (χ2v) is 4.82. The number of methoxy groups -OCH3 is 1. The zero-order chi connectivity index (χ0) is 15.9. The van der Waals surface area contributed by atoms with Crippen LogP contribution in [0.5, 0.6) is 5.75 Å². The number of benzene rings is 1. The Morgan fingerprint density at radius 2 is 1.78 bits per heavy atom. The monoisotopic (exact) mass is 307 g/mol. The van der Waals surface area contributed by atoms with E-state index in [1.807, 2.05) is 42.5 Å². The van der Waals surface area contributed by atoms with Crippen molar-refractivity contribution in [3.63, 3.8) is 0 Å². The number of nitrogens with zero attached hydrogens (tertiary/aromatic N) is 3. The van der Waals surface area contributed by atoms with Crippen LogP contribution in [0.1, 0.15) is 5.56 Å². The Bertz CT molecular complexity index is 764. The molecule has 116 valence electrons. The van der Waals surface area contributed by atoms with E-state index in [4.69, 9.17) is 4.74 Å². The van der Waals surface area contributed by atoms with E-state index in [2.05, 4.69) is 25.6 Å². The molecule has 2 N–H and O–H groups in total. The van der Waals surface area contributed by atoms with E-state index >= 15 is 0 Å². The van der Waals surface area contributed by atoms with E-state index < -0.39 is 0 Å². The summed E-state index contributed by atoms with van der Waals surface area (Å²) in [5, 5.41) is 6.50. The van der Waals surface area contributed by atoms with Gasteiger partial charge in [-0.1, -0.05) is 12.1 Å². The average Bonchev–Trinajstić information content (AvgIpc) is 2.62. The van der Waals surface area contributed by atoms with Crippen LogP contribution in [0.25, 0.3) is 0 Å². The molecule has 0 saturated carbocycles. The lowest BCUT2D eigenvalue weighted by molar-refractivity contribution is 0.417. The molecular weight excluding hydrogens is 290 g/mol. The van der Waals surface area contributed by atoms with Gasteiger partial charge in [0.05, 0.1) is 12.8 Å². The Morgan fingerprint density at radius 1 is 1.00 bits per heavy atom. The number of pyridine rings is 1. The third-order valence-corrected chi connectivity index (χ3v) is 3.26. The van der Waals surface area contributed by atoms with Gasteiger partial charge in [0, 0.05) is 25.0 Å². The largest absolute Gasteiger partial charge is 0.495 e. The summed E-state index contributed by atoms with van der Waals surface area (Å²) in [4.78, 5) is 12.5. The molecule has 1 aromatic carbocycles. The van der Waals surface area contributed by atoms with Gasteiger partial charge in [-0.05, 0) is 29.8 Å². The zero-order valence-corrected chi connectivity index (χ0v) is 12.7.